The van der Waals surface area contributed by atoms with Gasteiger partial charge in [-0.25, -0.2) is 9.13 Å². The van der Waals surface area contributed by atoms with Gasteiger partial charge in [0.15, 0.2) is 12.2 Å². The van der Waals surface area contributed by atoms with Crippen molar-refractivity contribution in [1.82, 2.24) is 0 Å². The zero-order chi connectivity index (χ0) is 63.3. The predicted molar refractivity (Wildman–Crippen MR) is 345 cm³/mol. The summed E-state index contributed by atoms with van der Waals surface area (Å²) in [6.45, 7) is 4.84. The van der Waals surface area contributed by atoms with Crippen LogP contribution in [0, 0.1) is 0 Å². The van der Waals surface area contributed by atoms with Gasteiger partial charge in [-0.05, 0) is 25.7 Å². The molecule has 19 heteroatoms. The minimum atomic E-state index is -4.95. The number of phosphoric ester groups is 2. The van der Waals surface area contributed by atoms with Gasteiger partial charge in [-0.1, -0.05) is 297 Å². The van der Waals surface area contributed by atoms with E-state index >= 15 is 0 Å². The van der Waals surface area contributed by atoms with E-state index in [1.807, 2.05) is 0 Å². The first-order valence-corrected chi connectivity index (χ1v) is 38.3. The maximum atomic E-state index is 13.0. The number of aliphatic hydroxyl groups excluding tert-OH is 1. The molecule has 0 aliphatic carbocycles. The van der Waals surface area contributed by atoms with E-state index in [-0.39, 0.29) is 25.7 Å². The first-order chi connectivity index (χ1) is 41.7. The lowest BCUT2D eigenvalue weighted by Crippen LogP contribution is -2.30. The predicted octanol–water partition coefficient (Wildman–Crippen LogP) is 19.1. The van der Waals surface area contributed by atoms with Gasteiger partial charge in [0.2, 0.25) is 0 Å². The summed E-state index contributed by atoms with van der Waals surface area (Å²) >= 11 is 0. The number of aliphatic hydroxyl groups is 1. The van der Waals surface area contributed by atoms with E-state index < -0.39 is 97.5 Å². The Kier molecular flexibility index (Phi) is 60.5. The van der Waals surface area contributed by atoms with Gasteiger partial charge in [0, 0.05) is 25.7 Å². The van der Waals surface area contributed by atoms with Gasteiger partial charge in [-0.15, -0.1) is 0 Å². The SMILES string of the molecule is CCCCCCCCCCCCCCCCCC(=O)O[C@H](COC(=O)CCCCCCCCCCCCCCCC)COP(=O)(O)OC[C@@H](O)COP(=O)(O)OC[C@@H](COC(=O)CCCCCCC)OC(=O)CCCCCCCCCCCCCC. The van der Waals surface area contributed by atoms with Crippen LogP contribution in [0.3, 0.4) is 0 Å². The molecule has 86 heavy (non-hydrogen) atoms. The Balaban J connectivity index is 5.16. The van der Waals surface area contributed by atoms with Crippen LogP contribution < -0.4 is 0 Å². The first-order valence-electron chi connectivity index (χ1n) is 35.3. The van der Waals surface area contributed by atoms with E-state index in [2.05, 4.69) is 27.7 Å². The third-order valence-corrected chi connectivity index (χ3v) is 17.5. The van der Waals surface area contributed by atoms with Crippen LogP contribution in [-0.4, -0.2) is 96.7 Å². The third-order valence-electron chi connectivity index (χ3n) is 15.6. The molecule has 0 aromatic heterocycles. The summed E-state index contributed by atoms with van der Waals surface area (Å²) in [4.78, 5) is 72.1. The standard InChI is InChI=1S/C67H130O17P2/c1-5-9-13-17-20-23-26-29-31-33-36-39-42-46-50-54-67(72)84-63(58-78-65(70)52-48-44-40-37-35-32-30-27-24-21-18-14-10-6-2)60-82-86(75,76)80-56-61(68)55-79-85(73,74)81-59-62(57-77-64(69)51-47-43-16-12-8-4)83-66(71)53-49-45-41-38-34-28-25-22-19-15-11-7-3/h61-63,68H,5-60H2,1-4H3,(H,73,74)(H,75,76)/t61-,62+,63+/m0/s1. The van der Waals surface area contributed by atoms with E-state index in [0.29, 0.717) is 25.7 Å². The fraction of sp³-hybridized carbons (Fsp3) is 0.940. The molecule has 3 N–H and O–H groups in total. The fourth-order valence-electron chi connectivity index (χ4n) is 10.2. The Labute approximate surface area is 524 Å². The highest BCUT2D eigenvalue weighted by Crippen LogP contribution is 2.45. The second kappa shape index (κ2) is 61.9. The van der Waals surface area contributed by atoms with Crippen LogP contribution in [0.1, 0.15) is 349 Å². The minimum Gasteiger partial charge on any atom is -0.462 e. The van der Waals surface area contributed by atoms with E-state index in [9.17, 15) is 43.2 Å². The average Bonchev–Trinajstić information content (AvgIpc) is 3.64. The lowest BCUT2D eigenvalue weighted by Gasteiger charge is -2.21. The van der Waals surface area contributed by atoms with Crippen molar-refractivity contribution in [2.45, 2.75) is 367 Å². The zero-order valence-electron chi connectivity index (χ0n) is 55.3. The van der Waals surface area contributed by atoms with Crippen molar-refractivity contribution in [1.29, 1.82) is 0 Å². The number of hydrogen-bond acceptors (Lipinski definition) is 15. The lowest BCUT2D eigenvalue weighted by atomic mass is 10.0. The summed E-state index contributed by atoms with van der Waals surface area (Å²) in [6.07, 6.45) is 48.8. The third kappa shape index (κ3) is 60.9. The number of phosphoric acid groups is 2. The summed E-state index contributed by atoms with van der Waals surface area (Å²) in [5, 5.41) is 10.5. The Morgan fingerprint density at radius 2 is 0.465 bits per heavy atom. The van der Waals surface area contributed by atoms with Crippen LogP contribution in [0.2, 0.25) is 0 Å². The maximum absolute atomic E-state index is 13.0. The van der Waals surface area contributed by atoms with Crippen molar-refractivity contribution in [2.75, 3.05) is 39.6 Å². The molecule has 17 nitrogen and oxygen atoms in total. The molecule has 0 aliphatic rings. The van der Waals surface area contributed by atoms with Crippen molar-refractivity contribution in [3.8, 4) is 0 Å². The molecule has 0 spiro atoms. The van der Waals surface area contributed by atoms with Gasteiger partial charge in [0.05, 0.1) is 26.4 Å². The minimum absolute atomic E-state index is 0.107. The quantitative estimate of drug-likeness (QED) is 0.0222. The maximum Gasteiger partial charge on any atom is 0.472 e. The van der Waals surface area contributed by atoms with Crippen LogP contribution >= 0.6 is 15.6 Å². The largest absolute Gasteiger partial charge is 0.472 e. The van der Waals surface area contributed by atoms with Crippen molar-refractivity contribution in [3.05, 3.63) is 0 Å². The molecule has 0 amide bonds. The molecule has 0 saturated heterocycles. The molecular weight excluding hydrogens is 1140 g/mol. The number of esters is 4. The molecule has 0 heterocycles. The summed E-state index contributed by atoms with van der Waals surface area (Å²) in [7, 11) is -9.88. The van der Waals surface area contributed by atoms with Crippen LogP contribution in [0.15, 0.2) is 0 Å². The molecule has 0 aromatic carbocycles. The monoisotopic (exact) mass is 1270 g/mol. The molecule has 510 valence electrons. The number of carbonyl (C=O) groups is 4. The summed E-state index contributed by atoms with van der Waals surface area (Å²) in [5.74, 6) is -2.13. The number of hydrogen-bond donors (Lipinski definition) is 3. The second-order valence-electron chi connectivity index (χ2n) is 24.2. The van der Waals surface area contributed by atoms with E-state index in [0.717, 1.165) is 96.3 Å². The second-order valence-corrected chi connectivity index (χ2v) is 27.1. The molecule has 0 bridgehead atoms. The summed E-state index contributed by atoms with van der Waals surface area (Å²) in [5.41, 5.74) is 0. The van der Waals surface area contributed by atoms with Crippen molar-refractivity contribution >= 4 is 39.5 Å². The normalized spacial score (nSPS) is 14.1. The number of ether oxygens (including phenoxy) is 4. The molecule has 0 rings (SSSR count). The van der Waals surface area contributed by atoms with Gasteiger partial charge in [0.25, 0.3) is 0 Å². The van der Waals surface area contributed by atoms with Gasteiger partial charge in [-0.3, -0.25) is 37.3 Å². The van der Waals surface area contributed by atoms with Crippen molar-refractivity contribution < 1.29 is 80.2 Å². The van der Waals surface area contributed by atoms with E-state index in [1.54, 1.807) is 0 Å². The molecule has 5 atom stereocenters. The lowest BCUT2D eigenvalue weighted by molar-refractivity contribution is -0.161. The number of rotatable bonds is 68. The van der Waals surface area contributed by atoms with Crippen LogP contribution in [-0.2, 0) is 65.4 Å². The molecule has 0 aliphatic heterocycles. The number of carbonyl (C=O) groups excluding carboxylic acids is 4. The van der Waals surface area contributed by atoms with Gasteiger partial charge >= 0.3 is 39.5 Å². The Morgan fingerprint density at radius 3 is 0.686 bits per heavy atom. The molecule has 2 unspecified atom stereocenters. The topological polar surface area (TPSA) is 237 Å². The van der Waals surface area contributed by atoms with Crippen LogP contribution in [0.25, 0.3) is 0 Å². The molecular formula is C67H130O17P2. The molecule has 0 aromatic rings. The van der Waals surface area contributed by atoms with Gasteiger partial charge in [0.1, 0.15) is 19.3 Å². The summed E-state index contributed by atoms with van der Waals surface area (Å²) in [6, 6.07) is 0. The average molecular weight is 1270 g/mol. The highest BCUT2D eigenvalue weighted by molar-refractivity contribution is 7.47. The Hall–Kier alpha value is -1.94. The fourth-order valence-corrected chi connectivity index (χ4v) is 11.7. The Bertz CT molecular complexity index is 1650. The molecule has 0 fully saturated rings. The van der Waals surface area contributed by atoms with E-state index in [4.69, 9.17) is 37.0 Å². The van der Waals surface area contributed by atoms with Gasteiger partial charge in [-0.2, -0.15) is 0 Å². The smallest absolute Gasteiger partial charge is 0.462 e. The van der Waals surface area contributed by atoms with Gasteiger partial charge < -0.3 is 33.8 Å². The molecule has 0 saturated carbocycles. The highest BCUT2D eigenvalue weighted by Gasteiger charge is 2.30. The van der Waals surface area contributed by atoms with Crippen molar-refractivity contribution in [2.24, 2.45) is 0 Å². The molecule has 0 radical (unpaired) electrons. The van der Waals surface area contributed by atoms with Crippen molar-refractivity contribution in [3.63, 3.8) is 0 Å². The zero-order valence-corrected chi connectivity index (χ0v) is 57.1. The van der Waals surface area contributed by atoms with Crippen LogP contribution in [0.4, 0.5) is 0 Å². The number of unbranched alkanes of at least 4 members (excludes halogenated alkanes) is 42. The highest BCUT2D eigenvalue weighted by atomic mass is 31.2. The Morgan fingerprint density at radius 1 is 0.279 bits per heavy atom. The first kappa shape index (κ1) is 84.1. The van der Waals surface area contributed by atoms with E-state index in [1.165, 1.54) is 173 Å². The summed E-state index contributed by atoms with van der Waals surface area (Å²) < 4.78 is 68.0. The van der Waals surface area contributed by atoms with Crippen LogP contribution in [0.5, 0.6) is 0 Å².